The molecule has 0 aliphatic heterocycles. The number of hydrogen-bond acceptors (Lipinski definition) is 3. The summed E-state index contributed by atoms with van der Waals surface area (Å²) in [6.45, 7) is 0.481. The zero-order valence-corrected chi connectivity index (χ0v) is 17.4. The van der Waals surface area contributed by atoms with Crippen LogP contribution in [0.5, 0.6) is 0 Å². The van der Waals surface area contributed by atoms with Crippen LogP contribution in [0.2, 0.25) is 0 Å². The molecule has 31 heavy (non-hydrogen) atoms. The van der Waals surface area contributed by atoms with Crippen LogP contribution < -0.4 is 5.32 Å². The first-order valence-electron chi connectivity index (χ1n) is 10.5. The van der Waals surface area contributed by atoms with E-state index in [-0.39, 0.29) is 22.6 Å². The fourth-order valence-electron chi connectivity index (χ4n) is 4.51. The standard InChI is InChI=1S/C24H25F2N3O2/c1-29(24(10-2-3-11-24)28-12-4-14-30)23(31)16-5-6-17(20(25)15-16)18-7-8-21-19(22(18)26)9-13-27-21/h5-9,13-15,27-28H,2-4,10-12H2,1H3. The van der Waals surface area contributed by atoms with Gasteiger partial charge in [0.1, 0.15) is 17.9 Å². The number of aromatic amines is 1. The van der Waals surface area contributed by atoms with Gasteiger partial charge in [-0.3, -0.25) is 10.1 Å². The molecule has 1 heterocycles. The number of rotatable bonds is 7. The zero-order chi connectivity index (χ0) is 22.0. The van der Waals surface area contributed by atoms with Crippen LogP contribution in [0.3, 0.4) is 0 Å². The second-order valence-electron chi connectivity index (χ2n) is 8.05. The zero-order valence-electron chi connectivity index (χ0n) is 17.4. The quantitative estimate of drug-likeness (QED) is 0.329. The predicted molar refractivity (Wildman–Crippen MR) is 116 cm³/mol. The Balaban J connectivity index is 1.61. The van der Waals surface area contributed by atoms with Crippen molar-refractivity contribution >= 4 is 23.1 Å². The number of aromatic nitrogens is 1. The van der Waals surface area contributed by atoms with Crippen molar-refractivity contribution < 1.29 is 18.4 Å². The number of carbonyl (C=O) groups is 2. The molecule has 1 aliphatic carbocycles. The van der Waals surface area contributed by atoms with Gasteiger partial charge < -0.3 is 14.7 Å². The van der Waals surface area contributed by atoms with Gasteiger partial charge in [0.25, 0.3) is 5.91 Å². The van der Waals surface area contributed by atoms with Gasteiger partial charge in [0.15, 0.2) is 0 Å². The third-order valence-electron chi connectivity index (χ3n) is 6.27. The largest absolute Gasteiger partial charge is 0.361 e. The molecule has 3 aromatic rings. The van der Waals surface area contributed by atoms with Gasteiger partial charge in [-0.25, -0.2) is 8.78 Å². The number of amides is 1. The van der Waals surface area contributed by atoms with E-state index in [1.54, 1.807) is 30.3 Å². The monoisotopic (exact) mass is 425 g/mol. The molecule has 0 spiro atoms. The van der Waals surface area contributed by atoms with E-state index in [1.165, 1.54) is 24.3 Å². The molecule has 0 unspecified atom stereocenters. The van der Waals surface area contributed by atoms with Crippen molar-refractivity contribution in [3.05, 3.63) is 59.8 Å². The number of nitrogens with zero attached hydrogens (tertiary/aromatic N) is 1. The van der Waals surface area contributed by atoms with Crippen LogP contribution in [0.15, 0.2) is 42.6 Å². The molecule has 1 aliphatic rings. The Morgan fingerprint density at radius 3 is 2.61 bits per heavy atom. The smallest absolute Gasteiger partial charge is 0.255 e. The van der Waals surface area contributed by atoms with E-state index in [0.717, 1.165) is 32.0 Å². The molecule has 1 fully saturated rings. The molecule has 162 valence electrons. The van der Waals surface area contributed by atoms with Crippen LogP contribution in [-0.2, 0) is 4.79 Å². The van der Waals surface area contributed by atoms with Crippen molar-refractivity contribution in [2.24, 2.45) is 0 Å². The normalized spacial score (nSPS) is 15.3. The first-order valence-corrected chi connectivity index (χ1v) is 10.5. The first kappa shape index (κ1) is 21.2. The van der Waals surface area contributed by atoms with E-state index in [4.69, 9.17) is 0 Å². The van der Waals surface area contributed by atoms with Gasteiger partial charge in [0, 0.05) is 53.8 Å². The Morgan fingerprint density at radius 2 is 1.90 bits per heavy atom. The minimum atomic E-state index is -0.651. The lowest BCUT2D eigenvalue weighted by atomic mass is 9.99. The summed E-state index contributed by atoms with van der Waals surface area (Å²) in [6, 6.07) is 9.00. The van der Waals surface area contributed by atoms with Crippen LogP contribution >= 0.6 is 0 Å². The van der Waals surface area contributed by atoms with Crippen LogP contribution in [0.1, 0.15) is 42.5 Å². The van der Waals surface area contributed by atoms with Crippen molar-refractivity contribution in [2.45, 2.75) is 37.8 Å². The van der Waals surface area contributed by atoms with E-state index < -0.39 is 17.3 Å². The fraction of sp³-hybridized carbons (Fsp3) is 0.333. The van der Waals surface area contributed by atoms with Gasteiger partial charge >= 0.3 is 0 Å². The number of hydrogen-bond donors (Lipinski definition) is 2. The summed E-state index contributed by atoms with van der Waals surface area (Å²) in [5.41, 5.74) is 0.564. The SMILES string of the molecule is CN(C(=O)c1ccc(-c2ccc3[nH]ccc3c2F)c(F)c1)C1(NCCC=O)CCCC1. The highest BCUT2D eigenvalue weighted by atomic mass is 19.1. The molecular weight excluding hydrogens is 400 g/mol. The van der Waals surface area contributed by atoms with Gasteiger partial charge in [-0.15, -0.1) is 0 Å². The average molecular weight is 425 g/mol. The van der Waals surface area contributed by atoms with Crippen molar-refractivity contribution in [1.29, 1.82) is 0 Å². The second kappa shape index (κ2) is 8.59. The van der Waals surface area contributed by atoms with E-state index in [2.05, 4.69) is 10.3 Å². The van der Waals surface area contributed by atoms with Crippen LogP contribution in [-0.4, -0.2) is 41.3 Å². The van der Waals surface area contributed by atoms with Crippen LogP contribution in [0, 0.1) is 11.6 Å². The molecule has 0 bridgehead atoms. The van der Waals surface area contributed by atoms with E-state index in [0.29, 0.717) is 23.9 Å². The molecule has 0 atom stereocenters. The van der Waals surface area contributed by atoms with Crippen LogP contribution in [0.25, 0.3) is 22.0 Å². The van der Waals surface area contributed by atoms with Gasteiger partial charge in [-0.05, 0) is 56.0 Å². The predicted octanol–water partition coefficient (Wildman–Crippen LogP) is 4.63. The number of carbonyl (C=O) groups excluding carboxylic acids is 2. The third kappa shape index (κ3) is 3.85. The number of aldehydes is 1. The summed E-state index contributed by atoms with van der Waals surface area (Å²) in [6.07, 6.45) is 6.33. The first-order chi connectivity index (χ1) is 15.0. The fourth-order valence-corrected chi connectivity index (χ4v) is 4.51. The summed E-state index contributed by atoms with van der Waals surface area (Å²) in [5, 5.41) is 3.74. The molecule has 1 saturated carbocycles. The topological polar surface area (TPSA) is 65.2 Å². The van der Waals surface area contributed by atoms with Crippen molar-refractivity contribution in [3.63, 3.8) is 0 Å². The summed E-state index contributed by atoms with van der Waals surface area (Å²) in [5.74, 6) is -1.46. The molecule has 0 radical (unpaired) electrons. The highest BCUT2D eigenvalue weighted by molar-refractivity contribution is 5.95. The maximum atomic E-state index is 15.0. The van der Waals surface area contributed by atoms with Gasteiger partial charge in [0.05, 0.1) is 5.66 Å². The highest BCUT2D eigenvalue weighted by Gasteiger charge is 2.40. The lowest BCUT2D eigenvalue weighted by Gasteiger charge is -2.40. The maximum Gasteiger partial charge on any atom is 0.255 e. The van der Waals surface area contributed by atoms with E-state index in [9.17, 15) is 18.4 Å². The number of fused-ring (bicyclic) bond motifs is 1. The number of benzene rings is 2. The van der Waals surface area contributed by atoms with Crippen molar-refractivity contribution in [3.8, 4) is 11.1 Å². The van der Waals surface area contributed by atoms with Gasteiger partial charge in [-0.1, -0.05) is 6.07 Å². The third-order valence-corrected chi connectivity index (χ3v) is 6.27. The maximum absolute atomic E-state index is 15.0. The van der Waals surface area contributed by atoms with E-state index in [1.807, 2.05) is 0 Å². The summed E-state index contributed by atoms with van der Waals surface area (Å²) >= 11 is 0. The molecule has 7 heteroatoms. The molecule has 2 N–H and O–H groups in total. The summed E-state index contributed by atoms with van der Waals surface area (Å²) in [4.78, 5) is 28.4. The highest BCUT2D eigenvalue weighted by Crippen LogP contribution is 2.34. The molecule has 1 amide bonds. The Labute approximate surface area is 179 Å². The molecular formula is C24H25F2N3O2. The molecule has 1 aromatic heterocycles. The van der Waals surface area contributed by atoms with Gasteiger partial charge in [0.2, 0.25) is 0 Å². The van der Waals surface area contributed by atoms with Crippen molar-refractivity contribution in [1.82, 2.24) is 15.2 Å². The minimum Gasteiger partial charge on any atom is -0.361 e. The molecule has 2 aromatic carbocycles. The van der Waals surface area contributed by atoms with Crippen LogP contribution in [0.4, 0.5) is 8.78 Å². The Kier molecular flexibility index (Phi) is 5.87. The molecule has 4 rings (SSSR count). The molecule has 0 saturated heterocycles. The van der Waals surface area contributed by atoms with Crippen molar-refractivity contribution in [2.75, 3.05) is 13.6 Å². The Bertz CT molecular complexity index is 1120. The average Bonchev–Trinajstić information content (AvgIpc) is 3.44. The van der Waals surface area contributed by atoms with Gasteiger partial charge in [-0.2, -0.15) is 0 Å². The number of H-pyrrole nitrogens is 1. The lowest BCUT2D eigenvalue weighted by molar-refractivity contribution is -0.107. The summed E-state index contributed by atoms with van der Waals surface area (Å²) in [7, 11) is 1.70. The second-order valence-corrected chi connectivity index (χ2v) is 8.05. The lowest BCUT2D eigenvalue weighted by Crippen LogP contribution is -2.57. The minimum absolute atomic E-state index is 0.111. The number of nitrogens with one attached hydrogen (secondary N) is 2. The Hall–Kier alpha value is -3.06. The molecule has 5 nitrogen and oxygen atoms in total. The summed E-state index contributed by atoms with van der Waals surface area (Å²) < 4.78 is 29.9. The number of halogens is 2. The Morgan fingerprint density at radius 1 is 1.16 bits per heavy atom. The van der Waals surface area contributed by atoms with E-state index >= 15 is 0 Å².